The molecule has 7 heteroatoms. The zero-order valence-corrected chi connectivity index (χ0v) is 13.5. The van der Waals surface area contributed by atoms with E-state index in [0.717, 1.165) is 11.8 Å². The normalized spacial score (nSPS) is 18.0. The molecule has 132 valence electrons. The van der Waals surface area contributed by atoms with E-state index < -0.39 is 11.7 Å². The Morgan fingerprint density at radius 1 is 1.16 bits per heavy atom. The molecule has 2 aromatic rings. The molecule has 25 heavy (non-hydrogen) atoms. The molecule has 1 saturated heterocycles. The van der Waals surface area contributed by atoms with Crippen molar-refractivity contribution in [2.75, 3.05) is 6.54 Å². The van der Waals surface area contributed by atoms with Crippen LogP contribution in [0.3, 0.4) is 0 Å². The number of hydrogen-bond acceptors (Lipinski definition) is 3. The summed E-state index contributed by atoms with van der Waals surface area (Å²) in [4.78, 5) is 17.8. The average molecular weight is 349 g/mol. The molecule has 1 aliphatic heterocycles. The van der Waals surface area contributed by atoms with Crippen LogP contribution < -0.4 is 5.32 Å². The quantitative estimate of drug-likeness (QED) is 0.903. The van der Waals surface area contributed by atoms with Crippen molar-refractivity contribution in [1.82, 2.24) is 15.2 Å². The van der Waals surface area contributed by atoms with Gasteiger partial charge < -0.3 is 10.2 Å². The number of carbonyl (C=O) groups is 1. The molecule has 1 amide bonds. The number of rotatable bonds is 5. The molecule has 0 aliphatic carbocycles. The third kappa shape index (κ3) is 4.36. The predicted molar refractivity (Wildman–Crippen MR) is 86.3 cm³/mol. The molecule has 0 unspecified atom stereocenters. The molecule has 2 heterocycles. The number of alkyl halides is 3. The number of halogens is 3. The first-order valence-corrected chi connectivity index (χ1v) is 7.99. The Bertz CT molecular complexity index is 734. The molecule has 1 N–H and O–H groups in total. The number of amides is 1. The number of likely N-dealkylation sites (tertiary alicyclic amines) is 1. The van der Waals surface area contributed by atoms with Crippen LogP contribution in [0.2, 0.25) is 0 Å². The van der Waals surface area contributed by atoms with Crippen LogP contribution >= 0.6 is 0 Å². The number of carbonyl (C=O) groups excluding carboxylic acids is 1. The van der Waals surface area contributed by atoms with Gasteiger partial charge in [0.1, 0.15) is 0 Å². The number of aromatic nitrogens is 1. The van der Waals surface area contributed by atoms with E-state index in [1.54, 1.807) is 12.3 Å². The first-order chi connectivity index (χ1) is 11.9. The molecule has 1 aromatic heterocycles. The summed E-state index contributed by atoms with van der Waals surface area (Å²) in [5.41, 5.74) is 0.289. The molecule has 1 fully saturated rings. The van der Waals surface area contributed by atoms with Crippen LogP contribution in [-0.2, 0) is 24.1 Å². The SMILES string of the molecule is O=C1C[C@H](NCc2ccccn2)CN1Cc1ccccc1C(F)(F)F. The van der Waals surface area contributed by atoms with Gasteiger partial charge >= 0.3 is 6.18 Å². The second-order valence-corrected chi connectivity index (χ2v) is 6.03. The van der Waals surface area contributed by atoms with Gasteiger partial charge in [0.25, 0.3) is 0 Å². The number of nitrogens with zero attached hydrogens (tertiary/aromatic N) is 2. The molecular weight excluding hydrogens is 331 g/mol. The van der Waals surface area contributed by atoms with Gasteiger partial charge in [-0.25, -0.2) is 0 Å². The monoisotopic (exact) mass is 349 g/mol. The molecule has 0 spiro atoms. The average Bonchev–Trinajstić information content (AvgIpc) is 2.93. The van der Waals surface area contributed by atoms with Crippen LogP contribution in [0.4, 0.5) is 13.2 Å². The largest absolute Gasteiger partial charge is 0.416 e. The summed E-state index contributed by atoms with van der Waals surface area (Å²) >= 11 is 0. The highest BCUT2D eigenvalue weighted by Crippen LogP contribution is 2.32. The van der Waals surface area contributed by atoms with Gasteiger partial charge in [-0.3, -0.25) is 9.78 Å². The molecule has 1 atom stereocenters. The van der Waals surface area contributed by atoms with Gasteiger partial charge in [-0.2, -0.15) is 13.2 Å². The van der Waals surface area contributed by atoms with Crippen LogP contribution in [0.1, 0.15) is 23.2 Å². The van der Waals surface area contributed by atoms with Crippen molar-refractivity contribution in [2.24, 2.45) is 0 Å². The first kappa shape index (κ1) is 17.4. The van der Waals surface area contributed by atoms with Crippen LogP contribution in [0.5, 0.6) is 0 Å². The van der Waals surface area contributed by atoms with Crippen molar-refractivity contribution < 1.29 is 18.0 Å². The van der Waals surface area contributed by atoms with Crippen LogP contribution in [0.25, 0.3) is 0 Å². The van der Waals surface area contributed by atoms with Crippen molar-refractivity contribution in [3.63, 3.8) is 0 Å². The highest BCUT2D eigenvalue weighted by Gasteiger charge is 2.35. The Hall–Kier alpha value is -2.41. The minimum absolute atomic E-state index is 0.0315. The fourth-order valence-electron chi connectivity index (χ4n) is 2.95. The summed E-state index contributed by atoms with van der Waals surface area (Å²) in [6.45, 7) is 0.875. The topological polar surface area (TPSA) is 45.2 Å². The highest BCUT2D eigenvalue weighted by atomic mass is 19.4. The molecule has 0 bridgehead atoms. The molecular formula is C18H18F3N3O. The Morgan fingerprint density at radius 2 is 1.92 bits per heavy atom. The predicted octanol–water partition coefficient (Wildman–Crippen LogP) is 2.99. The summed E-state index contributed by atoms with van der Waals surface area (Å²) in [5.74, 6) is -0.143. The van der Waals surface area contributed by atoms with Crippen molar-refractivity contribution in [1.29, 1.82) is 0 Å². The third-order valence-electron chi connectivity index (χ3n) is 4.20. The van der Waals surface area contributed by atoms with E-state index in [1.165, 1.54) is 17.0 Å². The third-order valence-corrected chi connectivity index (χ3v) is 4.20. The zero-order chi connectivity index (χ0) is 17.9. The van der Waals surface area contributed by atoms with Gasteiger partial charge in [0, 0.05) is 38.3 Å². The number of hydrogen-bond donors (Lipinski definition) is 1. The lowest BCUT2D eigenvalue weighted by molar-refractivity contribution is -0.139. The lowest BCUT2D eigenvalue weighted by Crippen LogP contribution is -2.32. The summed E-state index contributed by atoms with van der Waals surface area (Å²) in [7, 11) is 0. The number of pyridine rings is 1. The molecule has 1 aliphatic rings. The van der Waals surface area contributed by atoms with E-state index in [1.807, 2.05) is 18.2 Å². The lowest BCUT2D eigenvalue weighted by atomic mass is 10.1. The van der Waals surface area contributed by atoms with E-state index in [-0.39, 0.29) is 30.5 Å². The second-order valence-electron chi connectivity index (χ2n) is 6.03. The maximum atomic E-state index is 13.1. The lowest BCUT2D eigenvalue weighted by Gasteiger charge is -2.20. The van der Waals surface area contributed by atoms with E-state index in [9.17, 15) is 18.0 Å². The molecule has 4 nitrogen and oxygen atoms in total. The van der Waals surface area contributed by atoms with Crippen molar-refractivity contribution in [3.05, 3.63) is 65.5 Å². The van der Waals surface area contributed by atoms with Gasteiger partial charge in [-0.1, -0.05) is 24.3 Å². The minimum atomic E-state index is -4.42. The van der Waals surface area contributed by atoms with Gasteiger partial charge in [0.15, 0.2) is 0 Å². The fourth-order valence-corrected chi connectivity index (χ4v) is 2.95. The maximum Gasteiger partial charge on any atom is 0.416 e. The Balaban J connectivity index is 1.62. The molecule has 0 saturated carbocycles. The second kappa shape index (κ2) is 7.23. The number of nitrogens with one attached hydrogen (secondary N) is 1. The Morgan fingerprint density at radius 3 is 2.64 bits per heavy atom. The van der Waals surface area contributed by atoms with Crippen molar-refractivity contribution in [2.45, 2.75) is 31.7 Å². The Labute approximate surface area is 143 Å². The van der Waals surface area contributed by atoms with Gasteiger partial charge in [-0.05, 0) is 23.8 Å². The summed E-state index contributed by atoms with van der Waals surface area (Å²) in [6, 6.07) is 10.9. The van der Waals surface area contributed by atoms with Gasteiger partial charge in [0.2, 0.25) is 5.91 Å². The minimum Gasteiger partial charge on any atom is -0.337 e. The summed E-state index contributed by atoms with van der Waals surface area (Å²) < 4.78 is 39.2. The molecule has 0 radical (unpaired) electrons. The Kier molecular flexibility index (Phi) is 5.03. The summed E-state index contributed by atoms with van der Waals surface area (Å²) in [6.07, 6.45) is -2.45. The summed E-state index contributed by atoms with van der Waals surface area (Å²) in [5, 5.41) is 3.24. The standard InChI is InChI=1S/C18H18F3N3O/c19-18(20,21)16-7-2-1-5-13(16)11-24-12-15(9-17(24)25)23-10-14-6-3-4-8-22-14/h1-8,15,23H,9-12H2/t15-/m0/s1. The van der Waals surface area contributed by atoms with E-state index >= 15 is 0 Å². The van der Waals surface area contributed by atoms with E-state index in [4.69, 9.17) is 0 Å². The molecule has 1 aromatic carbocycles. The first-order valence-electron chi connectivity index (χ1n) is 7.99. The van der Waals surface area contributed by atoms with Crippen molar-refractivity contribution >= 4 is 5.91 Å². The van der Waals surface area contributed by atoms with Crippen LogP contribution in [0, 0.1) is 0 Å². The van der Waals surface area contributed by atoms with Gasteiger partial charge in [0.05, 0.1) is 11.3 Å². The maximum absolute atomic E-state index is 13.1. The van der Waals surface area contributed by atoms with Crippen LogP contribution in [0.15, 0.2) is 48.7 Å². The van der Waals surface area contributed by atoms with E-state index in [0.29, 0.717) is 13.1 Å². The van der Waals surface area contributed by atoms with Crippen LogP contribution in [-0.4, -0.2) is 28.4 Å². The fraction of sp³-hybridized carbons (Fsp3) is 0.333. The zero-order valence-electron chi connectivity index (χ0n) is 13.5. The number of benzene rings is 1. The van der Waals surface area contributed by atoms with Crippen molar-refractivity contribution in [3.8, 4) is 0 Å². The highest BCUT2D eigenvalue weighted by molar-refractivity contribution is 5.79. The van der Waals surface area contributed by atoms with Gasteiger partial charge in [-0.15, -0.1) is 0 Å². The smallest absolute Gasteiger partial charge is 0.337 e. The molecule has 3 rings (SSSR count). The van der Waals surface area contributed by atoms with E-state index in [2.05, 4.69) is 10.3 Å².